The number of benzene rings is 1. The molecule has 1 aromatic carbocycles. The summed E-state index contributed by atoms with van der Waals surface area (Å²) >= 11 is 3.49. The normalized spacial score (nSPS) is 17.4. The average Bonchev–Trinajstić information content (AvgIpc) is 2.70. The van der Waals surface area contributed by atoms with E-state index in [2.05, 4.69) is 22.0 Å². The van der Waals surface area contributed by atoms with Crippen LogP contribution < -0.4 is 4.74 Å². The van der Waals surface area contributed by atoms with Crippen LogP contribution in [0.1, 0.15) is 36.8 Å². The van der Waals surface area contributed by atoms with E-state index in [1.54, 1.807) is 7.11 Å². The minimum absolute atomic E-state index is 0.114. The SMILES string of the molecule is CCOC(=O)CC1CCc2cc(Br)c(OC)cc21. The van der Waals surface area contributed by atoms with Crippen molar-refractivity contribution in [2.45, 2.75) is 32.1 Å². The van der Waals surface area contributed by atoms with E-state index in [9.17, 15) is 4.79 Å². The Morgan fingerprint density at radius 2 is 2.28 bits per heavy atom. The summed E-state index contributed by atoms with van der Waals surface area (Å²) in [6.45, 7) is 2.28. The second kappa shape index (κ2) is 5.74. The van der Waals surface area contributed by atoms with E-state index >= 15 is 0 Å². The highest BCUT2D eigenvalue weighted by Crippen LogP contribution is 2.40. The summed E-state index contributed by atoms with van der Waals surface area (Å²) < 4.78 is 11.3. The first-order valence-corrected chi connectivity index (χ1v) is 6.97. The van der Waals surface area contributed by atoms with Crippen LogP contribution in [0.4, 0.5) is 0 Å². The zero-order valence-corrected chi connectivity index (χ0v) is 12.2. The molecule has 0 radical (unpaired) electrons. The van der Waals surface area contributed by atoms with Crippen molar-refractivity contribution in [1.82, 2.24) is 0 Å². The molecule has 3 nitrogen and oxygen atoms in total. The number of hydrogen-bond donors (Lipinski definition) is 0. The average molecular weight is 313 g/mol. The zero-order valence-electron chi connectivity index (χ0n) is 10.7. The molecule has 1 aliphatic carbocycles. The summed E-state index contributed by atoms with van der Waals surface area (Å²) in [6, 6.07) is 4.13. The van der Waals surface area contributed by atoms with Crippen LogP contribution in [-0.2, 0) is 16.0 Å². The predicted octanol–water partition coefficient (Wildman–Crippen LogP) is 3.44. The third kappa shape index (κ3) is 2.69. The molecule has 18 heavy (non-hydrogen) atoms. The Kier molecular flexibility index (Phi) is 4.27. The fourth-order valence-electron chi connectivity index (χ4n) is 2.48. The number of hydrogen-bond acceptors (Lipinski definition) is 3. The second-order valence-electron chi connectivity index (χ2n) is 4.43. The molecule has 0 saturated carbocycles. The molecule has 2 rings (SSSR count). The summed E-state index contributed by atoms with van der Waals surface area (Å²) in [5.41, 5.74) is 2.53. The summed E-state index contributed by atoms with van der Waals surface area (Å²) in [5, 5.41) is 0. The first kappa shape index (κ1) is 13.4. The highest BCUT2D eigenvalue weighted by Gasteiger charge is 2.26. The molecule has 0 N–H and O–H groups in total. The Bertz CT molecular complexity index is 457. The van der Waals surface area contributed by atoms with Gasteiger partial charge in [0.05, 0.1) is 24.6 Å². The van der Waals surface area contributed by atoms with Crippen LogP contribution in [0, 0.1) is 0 Å². The van der Waals surface area contributed by atoms with Gasteiger partial charge in [0.15, 0.2) is 0 Å². The molecule has 0 bridgehead atoms. The molecule has 1 atom stereocenters. The van der Waals surface area contributed by atoms with Crippen molar-refractivity contribution in [2.24, 2.45) is 0 Å². The number of rotatable bonds is 4. The number of fused-ring (bicyclic) bond motifs is 1. The fourth-order valence-corrected chi connectivity index (χ4v) is 3.03. The number of carbonyl (C=O) groups is 1. The zero-order chi connectivity index (χ0) is 13.1. The van der Waals surface area contributed by atoms with Gasteiger partial charge in [-0.1, -0.05) is 0 Å². The molecule has 0 spiro atoms. The van der Waals surface area contributed by atoms with E-state index in [1.807, 2.05) is 13.0 Å². The van der Waals surface area contributed by atoms with Crippen LogP contribution in [-0.4, -0.2) is 19.7 Å². The Hall–Kier alpha value is -1.03. The van der Waals surface area contributed by atoms with Crippen LogP contribution in [0.5, 0.6) is 5.75 Å². The maximum Gasteiger partial charge on any atom is 0.306 e. The topological polar surface area (TPSA) is 35.5 Å². The Balaban J connectivity index is 2.19. The van der Waals surface area contributed by atoms with Crippen molar-refractivity contribution in [3.05, 3.63) is 27.7 Å². The van der Waals surface area contributed by atoms with Gasteiger partial charge in [-0.15, -0.1) is 0 Å². The molecule has 0 fully saturated rings. The first-order chi connectivity index (χ1) is 8.65. The number of methoxy groups -OCH3 is 1. The highest BCUT2D eigenvalue weighted by atomic mass is 79.9. The second-order valence-corrected chi connectivity index (χ2v) is 5.28. The van der Waals surface area contributed by atoms with E-state index in [4.69, 9.17) is 9.47 Å². The standard InChI is InChI=1S/C14H17BrO3/c1-3-18-14(16)7-10-5-4-9-6-12(15)13(17-2)8-11(9)10/h6,8,10H,3-5,7H2,1-2H3. The third-order valence-electron chi connectivity index (χ3n) is 3.33. The first-order valence-electron chi connectivity index (χ1n) is 6.17. The van der Waals surface area contributed by atoms with Crippen molar-refractivity contribution in [3.63, 3.8) is 0 Å². The van der Waals surface area contributed by atoms with Crippen molar-refractivity contribution < 1.29 is 14.3 Å². The van der Waals surface area contributed by atoms with Crippen LogP contribution in [0.25, 0.3) is 0 Å². The van der Waals surface area contributed by atoms with Gasteiger partial charge in [0.25, 0.3) is 0 Å². The van der Waals surface area contributed by atoms with Gasteiger partial charge in [-0.2, -0.15) is 0 Å². The molecule has 1 aromatic rings. The molecule has 98 valence electrons. The molecule has 0 heterocycles. The maximum absolute atomic E-state index is 11.6. The smallest absolute Gasteiger partial charge is 0.306 e. The van der Waals surface area contributed by atoms with Crippen molar-refractivity contribution in [1.29, 1.82) is 0 Å². The summed E-state index contributed by atoms with van der Waals surface area (Å²) in [6.07, 6.45) is 2.49. The van der Waals surface area contributed by atoms with E-state index in [0.29, 0.717) is 13.0 Å². The third-order valence-corrected chi connectivity index (χ3v) is 3.95. The quantitative estimate of drug-likeness (QED) is 0.799. The molecule has 0 amide bonds. The molecule has 0 aliphatic heterocycles. The highest BCUT2D eigenvalue weighted by molar-refractivity contribution is 9.10. The van der Waals surface area contributed by atoms with Crippen molar-refractivity contribution >= 4 is 21.9 Å². The molecular weight excluding hydrogens is 296 g/mol. The molecule has 1 unspecified atom stereocenters. The molecule has 1 aliphatic rings. The lowest BCUT2D eigenvalue weighted by atomic mass is 9.98. The van der Waals surface area contributed by atoms with Crippen molar-refractivity contribution in [2.75, 3.05) is 13.7 Å². The van der Waals surface area contributed by atoms with Crippen LogP contribution >= 0.6 is 15.9 Å². The van der Waals surface area contributed by atoms with E-state index in [1.165, 1.54) is 11.1 Å². The van der Waals surface area contributed by atoms with Gasteiger partial charge in [-0.3, -0.25) is 4.79 Å². The lowest BCUT2D eigenvalue weighted by Crippen LogP contribution is -2.08. The maximum atomic E-state index is 11.6. The number of carbonyl (C=O) groups excluding carboxylic acids is 1. The summed E-state index contributed by atoms with van der Waals surface area (Å²) in [5.74, 6) is 0.975. The van der Waals surface area contributed by atoms with Gasteiger partial charge in [0, 0.05) is 0 Å². The van der Waals surface area contributed by atoms with Gasteiger partial charge < -0.3 is 9.47 Å². The fraction of sp³-hybridized carbons (Fsp3) is 0.500. The minimum Gasteiger partial charge on any atom is -0.496 e. The summed E-state index contributed by atoms with van der Waals surface area (Å²) in [7, 11) is 1.65. The van der Waals surface area contributed by atoms with Gasteiger partial charge in [0.1, 0.15) is 5.75 Å². The monoisotopic (exact) mass is 312 g/mol. The Morgan fingerprint density at radius 3 is 2.94 bits per heavy atom. The molecule has 4 heteroatoms. The Morgan fingerprint density at radius 1 is 1.50 bits per heavy atom. The number of aryl methyl sites for hydroxylation is 1. The van der Waals surface area contributed by atoms with Gasteiger partial charge in [-0.25, -0.2) is 0 Å². The lowest BCUT2D eigenvalue weighted by molar-refractivity contribution is -0.143. The number of halogens is 1. The largest absolute Gasteiger partial charge is 0.496 e. The van der Waals surface area contributed by atoms with Gasteiger partial charge in [-0.05, 0) is 64.9 Å². The summed E-state index contributed by atoms with van der Waals surface area (Å²) in [4.78, 5) is 11.6. The van der Waals surface area contributed by atoms with E-state index < -0.39 is 0 Å². The lowest BCUT2D eigenvalue weighted by Gasteiger charge is -2.12. The van der Waals surface area contributed by atoms with Crippen LogP contribution in [0.15, 0.2) is 16.6 Å². The molecule has 0 aromatic heterocycles. The predicted molar refractivity (Wildman–Crippen MR) is 73.0 cm³/mol. The van der Waals surface area contributed by atoms with Crippen LogP contribution in [0.3, 0.4) is 0 Å². The van der Waals surface area contributed by atoms with E-state index in [0.717, 1.165) is 23.1 Å². The minimum atomic E-state index is -0.114. The number of ether oxygens (including phenoxy) is 2. The Labute approximate surface area is 116 Å². The van der Waals surface area contributed by atoms with Gasteiger partial charge >= 0.3 is 5.97 Å². The number of esters is 1. The van der Waals surface area contributed by atoms with E-state index in [-0.39, 0.29) is 11.9 Å². The molecule has 0 saturated heterocycles. The van der Waals surface area contributed by atoms with Crippen LogP contribution in [0.2, 0.25) is 0 Å². The van der Waals surface area contributed by atoms with Gasteiger partial charge in [0.2, 0.25) is 0 Å². The van der Waals surface area contributed by atoms with Crippen molar-refractivity contribution in [3.8, 4) is 5.75 Å². The molecular formula is C14H17BrO3.